The number of ether oxygens (including phenoxy) is 1. The van der Waals surface area contributed by atoms with E-state index in [-0.39, 0.29) is 46.5 Å². The Morgan fingerprint density at radius 1 is 1.30 bits per heavy atom. The number of hydrogen-bond donors (Lipinski definition) is 2. The van der Waals surface area contributed by atoms with Crippen molar-refractivity contribution in [2.75, 3.05) is 39.2 Å². The van der Waals surface area contributed by atoms with Crippen molar-refractivity contribution in [1.29, 1.82) is 0 Å². The fraction of sp³-hybridized carbons (Fsp3) is 0.500. The number of β-amino-alcohol motifs (C(OH)–C–C–N with tert-alkyl or cyclic N) is 1. The maximum atomic E-state index is 15.2. The molecule has 4 N–H and O–H groups in total. The number of methoxy groups -OCH3 is 1. The Hall–Kier alpha value is -2.69. The Labute approximate surface area is 172 Å². The van der Waals surface area contributed by atoms with Crippen molar-refractivity contribution < 1.29 is 29.6 Å². The summed E-state index contributed by atoms with van der Waals surface area (Å²) >= 11 is 0. The third-order valence-electron chi connectivity index (χ3n) is 5.81. The van der Waals surface area contributed by atoms with Gasteiger partial charge in [0, 0.05) is 25.3 Å². The van der Waals surface area contributed by atoms with Crippen LogP contribution in [0.3, 0.4) is 0 Å². The van der Waals surface area contributed by atoms with Crippen LogP contribution in [0.15, 0.2) is 17.1 Å². The minimum atomic E-state index is -1.34. The summed E-state index contributed by atoms with van der Waals surface area (Å²) in [6, 6.07) is 0.966. The van der Waals surface area contributed by atoms with Crippen LogP contribution in [-0.2, 0) is 0 Å². The Morgan fingerprint density at radius 3 is 2.47 bits per heavy atom. The maximum Gasteiger partial charge on any atom is 0.341 e. The Morgan fingerprint density at radius 2 is 1.97 bits per heavy atom. The predicted molar refractivity (Wildman–Crippen MR) is 109 cm³/mol. The number of carboxylic acids is 1. The molecular formula is C20H26FN3O6. The van der Waals surface area contributed by atoms with Gasteiger partial charge in [-0.25, -0.2) is 9.18 Å². The molecule has 10 heteroatoms. The highest BCUT2D eigenvalue weighted by Crippen LogP contribution is 2.44. The van der Waals surface area contributed by atoms with Gasteiger partial charge in [0.1, 0.15) is 11.3 Å². The maximum absolute atomic E-state index is 15.2. The molecule has 0 spiro atoms. The lowest BCUT2D eigenvalue weighted by atomic mass is 10.1. The fourth-order valence-electron chi connectivity index (χ4n) is 4.18. The molecule has 2 heterocycles. The zero-order valence-electron chi connectivity index (χ0n) is 17.1. The monoisotopic (exact) mass is 423 g/mol. The molecule has 1 aromatic carbocycles. The summed E-state index contributed by atoms with van der Waals surface area (Å²) in [7, 11) is 5.10. The van der Waals surface area contributed by atoms with Gasteiger partial charge in [0.25, 0.3) is 0 Å². The topological polar surface area (TPSA) is 127 Å². The van der Waals surface area contributed by atoms with E-state index in [1.54, 1.807) is 9.47 Å². The summed E-state index contributed by atoms with van der Waals surface area (Å²) in [6.07, 6.45) is 2.36. The van der Waals surface area contributed by atoms with Crippen LogP contribution in [0.5, 0.6) is 5.75 Å². The molecule has 4 rings (SSSR count). The van der Waals surface area contributed by atoms with Crippen molar-refractivity contribution in [2.45, 2.75) is 31.0 Å². The smallest absolute Gasteiger partial charge is 0.341 e. The molecule has 0 radical (unpaired) electrons. The molecule has 9 nitrogen and oxygen atoms in total. The van der Waals surface area contributed by atoms with Crippen molar-refractivity contribution in [3.8, 4) is 5.75 Å². The molecule has 2 unspecified atom stereocenters. The average Bonchev–Trinajstić information content (AvgIpc) is 3.42. The summed E-state index contributed by atoms with van der Waals surface area (Å²) in [5, 5.41) is 19.8. The van der Waals surface area contributed by atoms with E-state index < -0.39 is 23.3 Å². The number of aliphatic hydroxyl groups is 1. The lowest BCUT2D eigenvalue weighted by Gasteiger charge is -2.25. The van der Waals surface area contributed by atoms with Gasteiger partial charge in [-0.2, -0.15) is 0 Å². The van der Waals surface area contributed by atoms with Gasteiger partial charge in [-0.3, -0.25) is 4.79 Å². The predicted octanol–water partition coefficient (Wildman–Crippen LogP) is 0.469. The number of carbonyl (C=O) groups is 1. The normalized spacial score (nSPS) is 21.2. The molecular weight excluding hydrogens is 397 g/mol. The fourth-order valence-corrected chi connectivity index (χ4v) is 4.18. The molecule has 164 valence electrons. The van der Waals surface area contributed by atoms with E-state index in [9.17, 15) is 19.8 Å². The van der Waals surface area contributed by atoms with Crippen molar-refractivity contribution in [2.24, 2.45) is 0 Å². The van der Waals surface area contributed by atoms with E-state index in [2.05, 4.69) is 0 Å². The SMILES string of the molecule is COc1c(N2CC(O)C(N(C)C)C2)c(F)cc2c(=O)c(C(=O)O)cn(C3CC3)c12.O. The van der Waals surface area contributed by atoms with Crippen LogP contribution in [0.2, 0.25) is 0 Å². The number of aromatic carboxylic acids is 1. The zero-order chi connectivity index (χ0) is 21.0. The van der Waals surface area contributed by atoms with Crippen LogP contribution in [-0.4, -0.2) is 77.6 Å². The minimum Gasteiger partial charge on any atom is -0.492 e. The largest absolute Gasteiger partial charge is 0.492 e. The van der Waals surface area contributed by atoms with E-state index in [1.807, 2.05) is 19.0 Å². The molecule has 1 aromatic heterocycles. The van der Waals surface area contributed by atoms with Crippen molar-refractivity contribution >= 4 is 22.6 Å². The second kappa shape index (κ2) is 7.86. The first-order valence-electron chi connectivity index (χ1n) is 9.52. The molecule has 0 bridgehead atoms. The molecule has 2 aliphatic rings. The van der Waals surface area contributed by atoms with E-state index in [1.165, 1.54) is 13.3 Å². The lowest BCUT2D eigenvalue weighted by molar-refractivity contribution is 0.0694. The number of benzene rings is 1. The quantitative estimate of drug-likeness (QED) is 0.716. The van der Waals surface area contributed by atoms with Gasteiger partial charge in [0.2, 0.25) is 5.43 Å². The Kier molecular flexibility index (Phi) is 5.76. The van der Waals surface area contributed by atoms with E-state index >= 15 is 4.39 Å². The second-order valence-electron chi connectivity index (χ2n) is 7.96. The van der Waals surface area contributed by atoms with Gasteiger partial charge in [-0.1, -0.05) is 0 Å². The summed E-state index contributed by atoms with van der Waals surface area (Å²) in [5.74, 6) is -1.83. The van der Waals surface area contributed by atoms with Gasteiger partial charge in [-0.05, 0) is 33.0 Å². The van der Waals surface area contributed by atoms with Gasteiger partial charge in [0.15, 0.2) is 11.6 Å². The average molecular weight is 423 g/mol. The second-order valence-corrected chi connectivity index (χ2v) is 7.96. The highest BCUT2D eigenvalue weighted by atomic mass is 19.1. The first-order valence-corrected chi connectivity index (χ1v) is 9.52. The van der Waals surface area contributed by atoms with Crippen molar-refractivity contribution in [1.82, 2.24) is 9.47 Å². The first-order chi connectivity index (χ1) is 13.7. The molecule has 1 saturated carbocycles. The third-order valence-corrected chi connectivity index (χ3v) is 5.81. The summed E-state index contributed by atoms with van der Waals surface area (Å²) < 4.78 is 22.5. The molecule has 30 heavy (non-hydrogen) atoms. The Bertz CT molecular complexity index is 1050. The standard InChI is InChI=1S/C20H24FN3O5.H2O/c1-22(2)14-8-23(9-15(14)25)17-13(21)6-11-16(19(17)29-3)24(10-4-5-10)7-12(18(11)26)20(27)28;/h6-7,10,14-15,25H,4-5,8-9H2,1-3H3,(H,27,28);1H2. The highest BCUT2D eigenvalue weighted by Gasteiger charge is 2.37. The van der Waals surface area contributed by atoms with Gasteiger partial charge in [0.05, 0.1) is 30.2 Å². The highest BCUT2D eigenvalue weighted by molar-refractivity contribution is 5.97. The molecule has 2 atom stereocenters. The number of anilines is 1. The molecule has 1 aliphatic heterocycles. The van der Waals surface area contributed by atoms with E-state index in [4.69, 9.17) is 4.74 Å². The van der Waals surface area contributed by atoms with Crippen LogP contribution >= 0.6 is 0 Å². The van der Waals surface area contributed by atoms with Crippen LogP contribution in [0.1, 0.15) is 29.2 Å². The number of fused-ring (bicyclic) bond motifs is 1. The van der Waals surface area contributed by atoms with Crippen LogP contribution in [0.25, 0.3) is 10.9 Å². The Balaban J connectivity index is 0.00000256. The molecule has 1 aliphatic carbocycles. The van der Waals surface area contributed by atoms with Crippen molar-refractivity contribution in [3.63, 3.8) is 0 Å². The summed E-state index contributed by atoms with van der Waals surface area (Å²) in [6.45, 7) is 0.621. The first kappa shape index (κ1) is 22.0. The number of likely N-dealkylation sites (N-methyl/N-ethyl adjacent to an activating group) is 1. The number of aliphatic hydroxyl groups excluding tert-OH is 1. The zero-order valence-corrected chi connectivity index (χ0v) is 17.1. The molecule has 2 fully saturated rings. The number of nitrogens with zero attached hydrogens (tertiary/aromatic N) is 3. The van der Waals surface area contributed by atoms with E-state index in [0.717, 1.165) is 18.9 Å². The van der Waals surface area contributed by atoms with Gasteiger partial charge >= 0.3 is 5.97 Å². The van der Waals surface area contributed by atoms with Gasteiger partial charge in [-0.15, -0.1) is 0 Å². The van der Waals surface area contributed by atoms with Crippen LogP contribution in [0, 0.1) is 5.82 Å². The number of carboxylic acid groups (broad SMARTS) is 1. The number of rotatable bonds is 5. The number of aromatic nitrogens is 1. The molecule has 2 aromatic rings. The summed E-state index contributed by atoms with van der Waals surface area (Å²) in [4.78, 5) is 27.9. The van der Waals surface area contributed by atoms with Crippen LogP contribution in [0.4, 0.5) is 10.1 Å². The van der Waals surface area contributed by atoms with Crippen LogP contribution < -0.4 is 15.1 Å². The molecule has 0 amide bonds. The lowest BCUT2D eigenvalue weighted by Crippen LogP contribution is -2.38. The number of pyridine rings is 1. The third kappa shape index (κ3) is 3.40. The minimum absolute atomic E-state index is 0. The summed E-state index contributed by atoms with van der Waals surface area (Å²) in [5.41, 5.74) is -0.548. The molecule has 1 saturated heterocycles. The number of hydrogen-bond acceptors (Lipinski definition) is 6. The number of halogens is 1. The van der Waals surface area contributed by atoms with Gasteiger partial charge < -0.3 is 34.8 Å². The van der Waals surface area contributed by atoms with E-state index in [0.29, 0.717) is 12.1 Å². The van der Waals surface area contributed by atoms with Crippen molar-refractivity contribution in [3.05, 3.63) is 33.9 Å².